The lowest BCUT2D eigenvalue weighted by atomic mass is 10.2. The first-order valence-electron chi connectivity index (χ1n) is 8.76. The molecule has 2 N–H and O–H groups in total. The molecule has 0 radical (unpaired) electrons. The number of hydrogen-bond acceptors (Lipinski definition) is 3. The van der Waals surface area contributed by atoms with E-state index in [0.717, 1.165) is 24.5 Å². The van der Waals surface area contributed by atoms with Crippen LogP contribution in [0.1, 0.15) is 25.7 Å². The molecule has 24 heavy (non-hydrogen) atoms. The molecule has 0 bridgehead atoms. The molecule has 126 valence electrons. The molecule has 0 spiro atoms. The van der Waals surface area contributed by atoms with Crippen LogP contribution in [0.3, 0.4) is 0 Å². The van der Waals surface area contributed by atoms with Gasteiger partial charge in [0.2, 0.25) is 5.91 Å². The summed E-state index contributed by atoms with van der Waals surface area (Å²) in [6.45, 7) is 2.45. The zero-order chi connectivity index (χ0) is 16.6. The highest BCUT2D eigenvalue weighted by Gasteiger charge is 2.13. The first kappa shape index (κ1) is 16.4. The van der Waals surface area contributed by atoms with Gasteiger partial charge >= 0.3 is 0 Å². The standard InChI is InChI=1S/C20H25N3O/c24-20(22-17-10-4-3-5-11-17)16-21-18-12-6-7-13-19(18)23-14-8-1-2-9-15-23/h3-7,10-13,21H,1-2,8-9,14-16H2,(H,22,24). The third-order valence-electron chi connectivity index (χ3n) is 4.35. The number of carbonyl (C=O) groups excluding carboxylic acids is 1. The van der Waals surface area contributed by atoms with Crippen LogP contribution in [-0.4, -0.2) is 25.5 Å². The van der Waals surface area contributed by atoms with Crippen LogP contribution in [-0.2, 0) is 4.79 Å². The SMILES string of the molecule is O=C(CNc1ccccc1N1CCCCCC1)Nc1ccccc1. The quantitative estimate of drug-likeness (QED) is 0.870. The smallest absolute Gasteiger partial charge is 0.243 e. The van der Waals surface area contributed by atoms with Gasteiger partial charge in [0, 0.05) is 18.8 Å². The van der Waals surface area contributed by atoms with E-state index in [1.165, 1.54) is 31.4 Å². The average molecular weight is 323 g/mol. The van der Waals surface area contributed by atoms with Crippen molar-refractivity contribution in [2.75, 3.05) is 35.2 Å². The summed E-state index contributed by atoms with van der Waals surface area (Å²) in [7, 11) is 0. The number of carbonyl (C=O) groups is 1. The Morgan fingerprint density at radius 1 is 0.875 bits per heavy atom. The Labute approximate surface area is 143 Å². The van der Waals surface area contributed by atoms with E-state index in [-0.39, 0.29) is 12.5 Å². The molecule has 4 heteroatoms. The van der Waals surface area contributed by atoms with Crippen LogP contribution in [0.5, 0.6) is 0 Å². The van der Waals surface area contributed by atoms with E-state index in [4.69, 9.17) is 0 Å². The summed E-state index contributed by atoms with van der Waals surface area (Å²) >= 11 is 0. The van der Waals surface area contributed by atoms with Gasteiger partial charge in [-0.2, -0.15) is 0 Å². The van der Waals surface area contributed by atoms with E-state index >= 15 is 0 Å². The van der Waals surface area contributed by atoms with Gasteiger partial charge in [-0.25, -0.2) is 0 Å². The maximum Gasteiger partial charge on any atom is 0.243 e. The molecule has 3 rings (SSSR count). The predicted octanol–water partition coefficient (Wildman–Crippen LogP) is 4.12. The molecule has 1 fully saturated rings. The highest BCUT2D eigenvalue weighted by molar-refractivity contribution is 5.94. The largest absolute Gasteiger partial charge is 0.374 e. The van der Waals surface area contributed by atoms with Gasteiger partial charge in [0.1, 0.15) is 0 Å². The highest BCUT2D eigenvalue weighted by Crippen LogP contribution is 2.27. The first-order valence-corrected chi connectivity index (χ1v) is 8.76. The normalized spacial score (nSPS) is 14.8. The molecule has 1 amide bonds. The van der Waals surface area contributed by atoms with Crippen molar-refractivity contribution in [3.8, 4) is 0 Å². The second kappa shape index (κ2) is 8.39. The maximum atomic E-state index is 12.1. The van der Waals surface area contributed by atoms with Crippen LogP contribution in [0.4, 0.5) is 17.1 Å². The Bertz CT molecular complexity index is 649. The zero-order valence-electron chi connectivity index (χ0n) is 14.0. The second-order valence-corrected chi connectivity index (χ2v) is 6.19. The van der Waals surface area contributed by atoms with Crippen molar-refractivity contribution in [3.63, 3.8) is 0 Å². The minimum Gasteiger partial charge on any atom is -0.374 e. The minimum absolute atomic E-state index is 0.0353. The fourth-order valence-electron chi connectivity index (χ4n) is 3.11. The van der Waals surface area contributed by atoms with Gasteiger partial charge in [0.25, 0.3) is 0 Å². The Balaban J connectivity index is 1.61. The second-order valence-electron chi connectivity index (χ2n) is 6.19. The number of rotatable bonds is 5. The molecule has 1 aliphatic rings. The zero-order valence-corrected chi connectivity index (χ0v) is 14.0. The van der Waals surface area contributed by atoms with Crippen molar-refractivity contribution in [2.24, 2.45) is 0 Å². The summed E-state index contributed by atoms with van der Waals surface area (Å²) in [5.41, 5.74) is 3.06. The van der Waals surface area contributed by atoms with E-state index in [2.05, 4.69) is 33.7 Å². The van der Waals surface area contributed by atoms with Gasteiger partial charge in [-0.15, -0.1) is 0 Å². The van der Waals surface area contributed by atoms with Gasteiger partial charge in [-0.3, -0.25) is 4.79 Å². The molecular formula is C20H25N3O. The molecule has 0 unspecified atom stereocenters. The Hall–Kier alpha value is -2.49. The summed E-state index contributed by atoms with van der Waals surface area (Å²) < 4.78 is 0. The number of nitrogens with one attached hydrogen (secondary N) is 2. The van der Waals surface area contributed by atoms with Crippen LogP contribution >= 0.6 is 0 Å². The van der Waals surface area contributed by atoms with Crippen molar-refractivity contribution in [2.45, 2.75) is 25.7 Å². The molecule has 1 aliphatic heterocycles. The molecule has 4 nitrogen and oxygen atoms in total. The summed E-state index contributed by atoms with van der Waals surface area (Å²) in [5.74, 6) is -0.0353. The number of anilines is 3. The summed E-state index contributed by atoms with van der Waals surface area (Å²) in [5, 5.41) is 6.20. The first-order chi connectivity index (χ1) is 11.8. The molecule has 0 aliphatic carbocycles. The van der Waals surface area contributed by atoms with E-state index in [0.29, 0.717) is 0 Å². The Morgan fingerprint density at radius 2 is 1.54 bits per heavy atom. The summed E-state index contributed by atoms with van der Waals surface area (Å²) in [6, 6.07) is 17.8. The molecule has 2 aromatic carbocycles. The van der Waals surface area contributed by atoms with Gasteiger partial charge < -0.3 is 15.5 Å². The molecule has 0 atom stereocenters. The van der Waals surface area contributed by atoms with Crippen molar-refractivity contribution in [1.29, 1.82) is 0 Å². The minimum atomic E-state index is -0.0353. The fourth-order valence-corrected chi connectivity index (χ4v) is 3.11. The van der Waals surface area contributed by atoms with E-state index < -0.39 is 0 Å². The lowest BCUT2D eigenvalue weighted by molar-refractivity contribution is -0.114. The van der Waals surface area contributed by atoms with Gasteiger partial charge in [-0.05, 0) is 37.1 Å². The van der Waals surface area contributed by atoms with E-state index in [9.17, 15) is 4.79 Å². The molecule has 1 saturated heterocycles. The number of para-hydroxylation sites is 3. The monoisotopic (exact) mass is 323 g/mol. The number of amides is 1. The van der Waals surface area contributed by atoms with Crippen molar-refractivity contribution in [3.05, 3.63) is 54.6 Å². The molecule has 0 aromatic heterocycles. The third kappa shape index (κ3) is 4.51. The summed E-state index contributed by atoms with van der Waals surface area (Å²) in [6.07, 6.45) is 5.10. The van der Waals surface area contributed by atoms with Crippen LogP contribution in [0.2, 0.25) is 0 Å². The van der Waals surface area contributed by atoms with Crippen LogP contribution in [0.25, 0.3) is 0 Å². The third-order valence-corrected chi connectivity index (χ3v) is 4.35. The average Bonchev–Trinajstić information content (AvgIpc) is 2.90. The van der Waals surface area contributed by atoms with E-state index in [1.54, 1.807) is 0 Å². The molecular weight excluding hydrogens is 298 g/mol. The van der Waals surface area contributed by atoms with Crippen LogP contribution < -0.4 is 15.5 Å². The van der Waals surface area contributed by atoms with Crippen molar-refractivity contribution in [1.82, 2.24) is 0 Å². The Morgan fingerprint density at radius 3 is 2.29 bits per heavy atom. The number of hydrogen-bond donors (Lipinski definition) is 2. The maximum absolute atomic E-state index is 12.1. The van der Waals surface area contributed by atoms with Gasteiger partial charge in [0.05, 0.1) is 17.9 Å². The van der Waals surface area contributed by atoms with E-state index in [1.807, 2.05) is 36.4 Å². The topological polar surface area (TPSA) is 44.4 Å². The Kier molecular flexibility index (Phi) is 5.72. The fraction of sp³-hybridized carbons (Fsp3) is 0.350. The number of benzene rings is 2. The van der Waals surface area contributed by atoms with Gasteiger partial charge in [-0.1, -0.05) is 43.2 Å². The van der Waals surface area contributed by atoms with Gasteiger partial charge in [0.15, 0.2) is 0 Å². The number of nitrogens with zero attached hydrogens (tertiary/aromatic N) is 1. The van der Waals surface area contributed by atoms with Crippen LogP contribution in [0.15, 0.2) is 54.6 Å². The lowest BCUT2D eigenvalue weighted by Crippen LogP contribution is -2.26. The predicted molar refractivity (Wildman–Crippen MR) is 101 cm³/mol. The van der Waals surface area contributed by atoms with Crippen molar-refractivity contribution < 1.29 is 4.79 Å². The summed E-state index contributed by atoms with van der Waals surface area (Å²) in [4.78, 5) is 14.6. The van der Waals surface area contributed by atoms with Crippen molar-refractivity contribution >= 4 is 23.0 Å². The lowest BCUT2D eigenvalue weighted by Gasteiger charge is -2.25. The van der Waals surface area contributed by atoms with Crippen LogP contribution in [0, 0.1) is 0 Å². The molecule has 2 aromatic rings. The molecule has 1 heterocycles. The molecule has 0 saturated carbocycles. The highest BCUT2D eigenvalue weighted by atomic mass is 16.1.